The van der Waals surface area contributed by atoms with Crippen LogP contribution in [0.4, 0.5) is 4.39 Å². The first-order valence-corrected chi connectivity index (χ1v) is 8.43. The Morgan fingerprint density at radius 2 is 1.95 bits per heavy atom. The summed E-state index contributed by atoms with van der Waals surface area (Å²) in [6.45, 7) is 4.35. The quantitative estimate of drug-likeness (QED) is 0.748. The molecule has 3 aliphatic rings. The van der Waals surface area contributed by atoms with Crippen molar-refractivity contribution in [2.75, 3.05) is 0 Å². The molecule has 1 nitrogen and oxygen atoms in total. The third-order valence-corrected chi connectivity index (χ3v) is 7.25. The molecule has 0 heterocycles. The first-order chi connectivity index (χ1) is 9.92. The summed E-state index contributed by atoms with van der Waals surface area (Å²) in [5.41, 5.74) is 2.18. The van der Waals surface area contributed by atoms with Gasteiger partial charge in [0.1, 0.15) is 5.82 Å². The molecule has 0 amide bonds. The molecule has 0 saturated heterocycles. The summed E-state index contributed by atoms with van der Waals surface area (Å²) in [6.07, 6.45) is 6.50. The number of halogens is 1. The second-order valence-electron chi connectivity index (χ2n) is 8.03. The van der Waals surface area contributed by atoms with Crippen LogP contribution in [0.25, 0.3) is 0 Å². The molecule has 0 spiro atoms. The molecule has 1 N–H and O–H groups in total. The lowest BCUT2D eigenvalue weighted by atomic mass is 9.53. The number of rotatable bonds is 0. The second kappa shape index (κ2) is 4.32. The van der Waals surface area contributed by atoms with Crippen molar-refractivity contribution in [1.82, 2.24) is 0 Å². The van der Waals surface area contributed by atoms with Crippen LogP contribution in [0.15, 0.2) is 18.2 Å². The summed E-state index contributed by atoms with van der Waals surface area (Å²) < 4.78 is 13.5. The van der Waals surface area contributed by atoms with Crippen molar-refractivity contribution in [1.29, 1.82) is 0 Å². The van der Waals surface area contributed by atoms with E-state index in [2.05, 4.69) is 6.92 Å². The van der Waals surface area contributed by atoms with Crippen molar-refractivity contribution < 1.29 is 9.50 Å². The molecule has 2 saturated carbocycles. The van der Waals surface area contributed by atoms with E-state index in [1.165, 1.54) is 11.1 Å². The van der Waals surface area contributed by atoms with Crippen LogP contribution in [0.5, 0.6) is 0 Å². The molecule has 0 aromatic heterocycles. The largest absolute Gasteiger partial charge is 0.390 e. The van der Waals surface area contributed by atoms with Crippen LogP contribution in [-0.4, -0.2) is 10.7 Å². The van der Waals surface area contributed by atoms with Gasteiger partial charge < -0.3 is 5.11 Å². The van der Waals surface area contributed by atoms with E-state index in [-0.39, 0.29) is 11.2 Å². The maximum absolute atomic E-state index is 13.5. The Morgan fingerprint density at radius 1 is 1.14 bits per heavy atom. The predicted octanol–water partition coefficient (Wildman–Crippen LogP) is 4.43. The summed E-state index contributed by atoms with van der Waals surface area (Å²) in [7, 11) is 0. The number of hydrogen-bond acceptors (Lipinski definition) is 1. The maximum Gasteiger partial charge on any atom is 0.123 e. The van der Waals surface area contributed by atoms with Gasteiger partial charge in [-0.1, -0.05) is 13.0 Å². The first kappa shape index (κ1) is 13.8. The van der Waals surface area contributed by atoms with Gasteiger partial charge in [0.15, 0.2) is 0 Å². The summed E-state index contributed by atoms with van der Waals surface area (Å²) in [5, 5.41) is 10.8. The number of aryl methyl sites for hydroxylation is 1. The number of hydrogen-bond donors (Lipinski definition) is 1. The number of benzene rings is 1. The van der Waals surface area contributed by atoms with Crippen molar-refractivity contribution in [3.63, 3.8) is 0 Å². The van der Waals surface area contributed by atoms with E-state index in [1.807, 2.05) is 13.0 Å². The summed E-state index contributed by atoms with van der Waals surface area (Å²) in [4.78, 5) is 0. The van der Waals surface area contributed by atoms with Crippen LogP contribution in [0.1, 0.15) is 63.0 Å². The van der Waals surface area contributed by atoms with Gasteiger partial charge in [-0.15, -0.1) is 0 Å². The van der Waals surface area contributed by atoms with Gasteiger partial charge in [0.05, 0.1) is 5.60 Å². The van der Waals surface area contributed by atoms with E-state index in [9.17, 15) is 9.50 Å². The third kappa shape index (κ3) is 1.78. The van der Waals surface area contributed by atoms with Gasteiger partial charge in [-0.25, -0.2) is 4.39 Å². The Bertz CT molecular complexity index is 579. The highest BCUT2D eigenvalue weighted by Gasteiger charge is 2.59. The fraction of sp³-hybridized carbons (Fsp3) is 0.684. The molecule has 114 valence electrons. The number of aliphatic hydroxyl groups is 1. The first-order valence-electron chi connectivity index (χ1n) is 8.43. The summed E-state index contributed by atoms with van der Waals surface area (Å²) >= 11 is 0. The minimum Gasteiger partial charge on any atom is -0.390 e. The Balaban J connectivity index is 1.72. The Kier molecular flexibility index (Phi) is 2.83. The predicted molar refractivity (Wildman–Crippen MR) is 81.6 cm³/mol. The standard InChI is InChI=1S/C19H25FO/c1-18-9-7-15-14-6-4-13(20)11-12(14)3-5-16(15)17(18)8-10-19(18,2)21/h4,6,11,15-17,21H,3,5,7-10H2,1-2H3/t15-,16-,17+,18+,19+/m1/s1. The van der Waals surface area contributed by atoms with Gasteiger partial charge in [0.25, 0.3) is 0 Å². The fourth-order valence-corrected chi connectivity index (χ4v) is 5.79. The molecule has 4 rings (SSSR count). The molecule has 2 heteroatoms. The lowest BCUT2D eigenvalue weighted by Gasteiger charge is -2.52. The maximum atomic E-state index is 13.5. The number of fused-ring (bicyclic) bond motifs is 5. The molecule has 21 heavy (non-hydrogen) atoms. The zero-order valence-electron chi connectivity index (χ0n) is 13.0. The Labute approximate surface area is 126 Å². The van der Waals surface area contributed by atoms with Gasteiger partial charge in [-0.3, -0.25) is 0 Å². The molecular formula is C19H25FO. The highest BCUT2D eigenvalue weighted by Crippen LogP contribution is 2.64. The van der Waals surface area contributed by atoms with Gasteiger partial charge in [0, 0.05) is 0 Å². The Hall–Kier alpha value is -0.890. The van der Waals surface area contributed by atoms with Crippen LogP contribution < -0.4 is 0 Å². The highest BCUT2D eigenvalue weighted by atomic mass is 19.1. The minimum absolute atomic E-state index is 0.0751. The topological polar surface area (TPSA) is 20.2 Å². The van der Waals surface area contributed by atoms with Crippen LogP contribution >= 0.6 is 0 Å². The van der Waals surface area contributed by atoms with Crippen molar-refractivity contribution in [3.8, 4) is 0 Å². The van der Waals surface area contributed by atoms with Crippen LogP contribution in [-0.2, 0) is 6.42 Å². The van der Waals surface area contributed by atoms with E-state index in [0.29, 0.717) is 17.8 Å². The Morgan fingerprint density at radius 3 is 2.76 bits per heavy atom. The molecule has 3 aliphatic carbocycles. The molecule has 0 radical (unpaired) electrons. The van der Waals surface area contributed by atoms with Crippen LogP contribution in [0.3, 0.4) is 0 Å². The molecular weight excluding hydrogens is 263 g/mol. The van der Waals surface area contributed by atoms with Gasteiger partial charge in [0.2, 0.25) is 0 Å². The smallest absolute Gasteiger partial charge is 0.123 e. The van der Waals surface area contributed by atoms with Crippen molar-refractivity contribution in [2.24, 2.45) is 17.3 Å². The second-order valence-corrected chi connectivity index (χ2v) is 8.03. The fourth-order valence-electron chi connectivity index (χ4n) is 5.79. The van der Waals surface area contributed by atoms with E-state index >= 15 is 0 Å². The van der Waals surface area contributed by atoms with Crippen LogP contribution in [0, 0.1) is 23.1 Å². The van der Waals surface area contributed by atoms with Gasteiger partial charge >= 0.3 is 0 Å². The van der Waals surface area contributed by atoms with E-state index in [0.717, 1.165) is 38.5 Å². The van der Waals surface area contributed by atoms with Crippen molar-refractivity contribution in [2.45, 2.75) is 63.9 Å². The SMILES string of the molecule is C[C@]1(O)CC[C@H]2[C@@H]3CCc4cc(F)ccc4[C@H]3CC[C@@]21C. The van der Waals surface area contributed by atoms with Gasteiger partial charge in [-0.05, 0) is 91.9 Å². The molecule has 2 fully saturated rings. The lowest BCUT2D eigenvalue weighted by Crippen LogP contribution is -2.49. The molecule has 1 aromatic rings. The molecule has 1 aromatic carbocycles. The minimum atomic E-state index is -0.508. The average molecular weight is 288 g/mol. The monoisotopic (exact) mass is 288 g/mol. The van der Waals surface area contributed by atoms with Crippen molar-refractivity contribution >= 4 is 0 Å². The van der Waals surface area contributed by atoms with E-state index in [1.54, 1.807) is 12.1 Å². The zero-order valence-corrected chi connectivity index (χ0v) is 13.0. The molecule has 0 bridgehead atoms. The van der Waals surface area contributed by atoms with E-state index in [4.69, 9.17) is 0 Å². The van der Waals surface area contributed by atoms with Crippen LogP contribution in [0.2, 0.25) is 0 Å². The highest BCUT2D eigenvalue weighted by molar-refractivity contribution is 5.35. The zero-order chi connectivity index (χ0) is 14.8. The third-order valence-electron chi connectivity index (χ3n) is 7.25. The lowest BCUT2D eigenvalue weighted by molar-refractivity contribution is -0.0901. The summed E-state index contributed by atoms with van der Waals surface area (Å²) in [6, 6.07) is 5.39. The van der Waals surface area contributed by atoms with Gasteiger partial charge in [-0.2, -0.15) is 0 Å². The average Bonchev–Trinajstić information content (AvgIpc) is 2.69. The summed E-state index contributed by atoms with van der Waals surface area (Å²) in [5.74, 6) is 1.79. The molecule has 5 atom stereocenters. The van der Waals surface area contributed by atoms with Crippen molar-refractivity contribution in [3.05, 3.63) is 35.1 Å². The molecule has 0 aliphatic heterocycles. The normalized spacial score (nSPS) is 44.9. The van der Waals surface area contributed by atoms with E-state index < -0.39 is 5.60 Å². The molecule has 0 unspecified atom stereocenters.